The highest BCUT2D eigenvalue weighted by Gasteiger charge is 2.11. The Labute approximate surface area is 101 Å². The molecule has 2 heterocycles. The summed E-state index contributed by atoms with van der Waals surface area (Å²) in [6, 6.07) is 11.6. The van der Waals surface area contributed by atoms with Gasteiger partial charge >= 0.3 is 5.97 Å². The fourth-order valence-corrected chi connectivity index (χ4v) is 2.70. The Morgan fingerprint density at radius 3 is 2.82 bits per heavy atom. The zero-order chi connectivity index (χ0) is 11.8. The van der Waals surface area contributed by atoms with Crippen LogP contribution in [0.15, 0.2) is 36.4 Å². The lowest BCUT2D eigenvalue weighted by Gasteiger charge is -1.86. The monoisotopic (exact) mass is 244 g/mol. The summed E-state index contributed by atoms with van der Waals surface area (Å²) in [5.41, 5.74) is 0.779. The van der Waals surface area contributed by atoms with Gasteiger partial charge in [-0.25, -0.2) is 4.79 Å². The number of aromatic nitrogens is 2. The van der Waals surface area contributed by atoms with E-state index < -0.39 is 5.97 Å². The predicted octanol–water partition coefficient (Wildman–Crippen LogP) is 2.99. The van der Waals surface area contributed by atoms with Crippen LogP contribution in [0, 0.1) is 0 Å². The number of benzene rings is 1. The molecule has 2 N–H and O–H groups in total. The number of nitrogens with zero attached hydrogens (tertiary/aromatic N) is 1. The van der Waals surface area contributed by atoms with Crippen molar-refractivity contribution in [2.75, 3.05) is 0 Å². The molecule has 4 nitrogen and oxygen atoms in total. The second-order valence-electron chi connectivity index (χ2n) is 3.62. The maximum absolute atomic E-state index is 10.7. The van der Waals surface area contributed by atoms with E-state index in [-0.39, 0.29) is 5.69 Å². The van der Waals surface area contributed by atoms with Gasteiger partial charge in [0.05, 0.1) is 10.6 Å². The normalized spacial score (nSPS) is 10.8. The number of carboxylic acids is 1. The molecule has 0 atom stereocenters. The Balaban J connectivity index is 2.10. The molecule has 0 fully saturated rings. The van der Waals surface area contributed by atoms with Crippen molar-refractivity contribution in [3.63, 3.8) is 0 Å². The molecule has 5 heteroatoms. The number of fused-ring (bicyclic) bond motifs is 1. The molecule has 0 radical (unpaired) electrons. The molecule has 0 unspecified atom stereocenters. The van der Waals surface area contributed by atoms with E-state index in [0.717, 1.165) is 16.0 Å². The van der Waals surface area contributed by atoms with Crippen LogP contribution in [0.5, 0.6) is 0 Å². The highest BCUT2D eigenvalue weighted by molar-refractivity contribution is 7.22. The molecule has 2 aromatic heterocycles. The van der Waals surface area contributed by atoms with E-state index >= 15 is 0 Å². The summed E-state index contributed by atoms with van der Waals surface area (Å²) in [5, 5.41) is 16.4. The third kappa shape index (κ3) is 1.70. The number of hydrogen-bond acceptors (Lipinski definition) is 3. The summed E-state index contributed by atoms with van der Waals surface area (Å²) >= 11 is 1.61. The van der Waals surface area contributed by atoms with E-state index in [2.05, 4.69) is 10.2 Å². The molecule has 17 heavy (non-hydrogen) atoms. The average molecular weight is 244 g/mol. The van der Waals surface area contributed by atoms with Gasteiger partial charge in [0.15, 0.2) is 5.69 Å². The van der Waals surface area contributed by atoms with Crippen LogP contribution in [-0.2, 0) is 0 Å². The van der Waals surface area contributed by atoms with Gasteiger partial charge in [0.1, 0.15) is 0 Å². The third-order valence-corrected chi connectivity index (χ3v) is 3.64. The number of hydrogen-bond donors (Lipinski definition) is 2. The van der Waals surface area contributed by atoms with Crippen LogP contribution in [0.2, 0.25) is 0 Å². The van der Waals surface area contributed by atoms with Gasteiger partial charge in [-0.15, -0.1) is 11.3 Å². The first-order valence-electron chi connectivity index (χ1n) is 5.02. The zero-order valence-electron chi connectivity index (χ0n) is 8.68. The fraction of sp³-hybridized carbons (Fsp3) is 0. The summed E-state index contributed by atoms with van der Waals surface area (Å²) in [6.07, 6.45) is 0. The number of thiophene rings is 1. The maximum Gasteiger partial charge on any atom is 0.356 e. The highest BCUT2D eigenvalue weighted by atomic mass is 32.1. The first kappa shape index (κ1) is 10.0. The number of carboxylic acid groups (broad SMARTS) is 1. The summed E-state index contributed by atoms with van der Waals surface area (Å²) < 4.78 is 1.17. The Morgan fingerprint density at radius 2 is 2.12 bits per heavy atom. The fourth-order valence-electron chi connectivity index (χ4n) is 1.67. The topological polar surface area (TPSA) is 66.0 Å². The van der Waals surface area contributed by atoms with Gasteiger partial charge in [-0.05, 0) is 23.6 Å². The van der Waals surface area contributed by atoms with Crippen molar-refractivity contribution < 1.29 is 9.90 Å². The van der Waals surface area contributed by atoms with Crippen molar-refractivity contribution in [1.29, 1.82) is 0 Å². The first-order valence-corrected chi connectivity index (χ1v) is 5.83. The lowest BCUT2D eigenvalue weighted by molar-refractivity contribution is 0.0690. The Kier molecular flexibility index (Phi) is 2.19. The number of aromatic carboxylic acids is 1. The quantitative estimate of drug-likeness (QED) is 0.728. The van der Waals surface area contributed by atoms with Crippen LogP contribution >= 0.6 is 11.3 Å². The number of carbonyl (C=O) groups is 1. The minimum absolute atomic E-state index is 0.0393. The Morgan fingerprint density at radius 1 is 1.29 bits per heavy atom. The van der Waals surface area contributed by atoms with Crippen molar-refractivity contribution in [3.05, 3.63) is 42.1 Å². The van der Waals surface area contributed by atoms with E-state index in [0.29, 0.717) is 0 Å². The number of rotatable bonds is 2. The standard InChI is InChI=1S/C12H8N2O2S/c15-12(16)9-6-8(13-14-9)11-5-7-3-1-2-4-10(7)17-11/h1-6H,(H,13,14)(H,15,16). The maximum atomic E-state index is 10.7. The van der Waals surface area contributed by atoms with Crippen LogP contribution in [0.1, 0.15) is 10.5 Å². The van der Waals surface area contributed by atoms with Gasteiger partial charge in [-0.2, -0.15) is 5.10 Å². The number of aromatic amines is 1. The lowest BCUT2D eigenvalue weighted by atomic mass is 10.2. The van der Waals surface area contributed by atoms with Crippen molar-refractivity contribution >= 4 is 27.4 Å². The van der Waals surface area contributed by atoms with Crippen LogP contribution in [0.25, 0.3) is 20.7 Å². The largest absolute Gasteiger partial charge is 0.476 e. The second kappa shape index (κ2) is 3.71. The molecule has 84 valence electrons. The lowest BCUT2D eigenvalue weighted by Crippen LogP contribution is -1.95. The van der Waals surface area contributed by atoms with Gasteiger partial charge < -0.3 is 5.11 Å². The summed E-state index contributed by atoms with van der Waals surface area (Å²) in [5.74, 6) is -1.02. The minimum Gasteiger partial charge on any atom is -0.476 e. The molecule has 0 aliphatic heterocycles. The first-order chi connectivity index (χ1) is 8.24. The van der Waals surface area contributed by atoms with Crippen LogP contribution in [0.4, 0.5) is 0 Å². The van der Waals surface area contributed by atoms with E-state index in [1.807, 2.05) is 30.3 Å². The van der Waals surface area contributed by atoms with Crippen LogP contribution in [-0.4, -0.2) is 21.3 Å². The molecule has 0 saturated heterocycles. The van der Waals surface area contributed by atoms with Gasteiger partial charge in [-0.1, -0.05) is 18.2 Å². The van der Waals surface area contributed by atoms with Crippen molar-refractivity contribution in [3.8, 4) is 10.6 Å². The Bertz CT molecular complexity index is 666. The molecule has 0 aliphatic carbocycles. The number of nitrogens with one attached hydrogen (secondary N) is 1. The predicted molar refractivity (Wildman–Crippen MR) is 66.4 cm³/mol. The van der Waals surface area contributed by atoms with Gasteiger partial charge in [0.25, 0.3) is 0 Å². The van der Waals surface area contributed by atoms with E-state index in [1.54, 1.807) is 17.4 Å². The molecule has 0 aliphatic rings. The second-order valence-corrected chi connectivity index (χ2v) is 4.70. The zero-order valence-corrected chi connectivity index (χ0v) is 9.49. The molecule has 0 saturated carbocycles. The highest BCUT2D eigenvalue weighted by Crippen LogP contribution is 2.32. The molecule has 3 aromatic rings. The molecule has 3 rings (SSSR count). The summed E-state index contributed by atoms with van der Waals surface area (Å²) in [7, 11) is 0. The average Bonchev–Trinajstić information content (AvgIpc) is 2.95. The molecule has 0 bridgehead atoms. The van der Waals surface area contributed by atoms with E-state index in [1.165, 1.54) is 4.70 Å². The van der Waals surface area contributed by atoms with E-state index in [4.69, 9.17) is 5.11 Å². The summed E-state index contributed by atoms with van der Waals surface area (Å²) in [4.78, 5) is 11.7. The van der Waals surface area contributed by atoms with Crippen LogP contribution in [0.3, 0.4) is 0 Å². The number of H-pyrrole nitrogens is 1. The van der Waals surface area contributed by atoms with Crippen molar-refractivity contribution in [2.24, 2.45) is 0 Å². The molecule has 0 amide bonds. The minimum atomic E-state index is -1.02. The van der Waals surface area contributed by atoms with Gasteiger partial charge in [0.2, 0.25) is 0 Å². The molecular weight excluding hydrogens is 236 g/mol. The van der Waals surface area contributed by atoms with Crippen molar-refractivity contribution in [2.45, 2.75) is 0 Å². The van der Waals surface area contributed by atoms with E-state index in [9.17, 15) is 4.79 Å². The van der Waals surface area contributed by atoms with Gasteiger partial charge in [-0.3, -0.25) is 5.10 Å². The van der Waals surface area contributed by atoms with Gasteiger partial charge in [0, 0.05) is 4.70 Å². The Hall–Kier alpha value is -2.14. The van der Waals surface area contributed by atoms with Crippen molar-refractivity contribution in [1.82, 2.24) is 10.2 Å². The molecule has 1 aromatic carbocycles. The molecule has 0 spiro atoms. The smallest absolute Gasteiger partial charge is 0.356 e. The third-order valence-electron chi connectivity index (χ3n) is 2.49. The molecular formula is C12H8N2O2S. The van der Waals surface area contributed by atoms with Crippen LogP contribution < -0.4 is 0 Å². The summed E-state index contributed by atoms with van der Waals surface area (Å²) in [6.45, 7) is 0. The SMILES string of the molecule is O=C(O)c1cc(-c2cc3ccccc3s2)[nH]n1.